The quantitative estimate of drug-likeness (QED) is 0.312. The average molecular weight is 397 g/mol. The Bertz CT molecular complexity index is 585. The van der Waals surface area contributed by atoms with E-state index in [9.17, 15) is 9.90 Å². The summed E-state index contributed by atoms with van der Waals surface area (Å²) in [4.78, 5) is 12.4. The van der Waals surface area contributed by atoms with Gasteiger partial charge in [0.2, 0.25) is 11.5 Å². The van der Waals surface area contributed by atoms with Crippen LogP contribution in [0.2, 0.25) is 0 Å². The number of esters is 1. The molecule has 0 aliphatic rings. The molecule has 28 heavy (non-hydrogen) atoms. The second-order valence-electron chi connectivity index (χ2n) is 6.67. The van der Waals surface area contributed by atoms with Gasteiger partial charge >= 0.3 is 5.97 Å². The number of ether oxygens (including phenoxy) is 4. The van der Waals surface area contributed by atoms with E-state index in [1.165, 1.54) is 6.07 Å². The molecule has 0 aromatic heterocycles. The Labute approximate surface area is 169 Å². The molecule has 6 heteroatoms. The lowest BCUT2D eigenvalue weighted by molar-refractivity contribution is 0.0500. The molecule has 1 rings (SSSR count). The van der Waals surface area contributed by atoms with Crippen molar-refractivity contribution in [3.63, 3.8) is 0 Å². The highest BCUT2D eigenvalue weighted by atomic mass is 16.5. The van der Waals surface area contributed by atoms with Crippen molar-refractivity contribution in [2.24, 2.45) is 0 Å². The summed E-state index contributed by atoms with van der Waals surface area (Å²) < 4.78 is 22.8. The smallest absolute Gasteiger partial charge is 0.342 e. The van der Waals surface area contributed by atoms with E-state index in [0.29, 0.717) is 37.7 Å². The summed E-state index contributed by atoms with van der Waals surface area (Å²) in [5.41, 5.74) is 0.0364. The summed E-state index contributed by atoms with van der Waals surface area (Å²) in [6.07, 6.45) is 6.17. The molecule has 0 saturated carbocycles. The summed E-state index contributed by atoms with van der Waals surface area (Å²) in [5.74, 6) is 0.0520. The van der Waals surface area contributed by atoms with Crippen molar-refractivity contribution < 1.29 is 28.8 Å². The van der Waals surface area contributed by atoms with Crippen molar-refractivity contribution in [2.45, 2.75) is 72.6 Å². The number of phenols is 1. The van der Waals surface area contributed by atoms with E-state index in [0.717, 1.165) is 38.5 Å². The molecule has 0 spiro atoms. The first-order valence-corrected chi connectivity index (χ1v) is 10.6. The van der Waals surface area contributed by atoms with E-state index in [-0.39, 0.29) is 23.7 Å². The minimum Gasteiger partial charge on any atom is -0.504 e. The highest BCUT2D eigenvalue weighted by Crippen LogP contribution is 2.47. The molecule has 0 amide bonds. The number of aromatic hydroxyl groups is 1. The van der Waals surface area contributed by atoms with Crippen LogP contribution in [-0.4, -0.2) is 37.5 Å². The summed E-state index contributed by atoms with van der Waals surface area (Å²) >= 11 is 0. The van der Waals surface area contributed by atoms with Crippen molar-refractivity contribution >= 4 is 5.97 Å². The third kappa shape index (κ3) is 7.49. The van der Waals surface area contributed by atoms with Crippen LogP contribution >= 0.6 is 0 Å². The maximum absolute atomic E-state index is 12.4. The van der Waals surface area contributed by atoms with Gasteiger partial charge in [-0.3, -0.25) is 0 Å². The molecule has 0 unspecified atom stereocenters. The maximum Gasteiger partial charge on any atom is 0.342 e. The van der Waals surface area contributed by atoms with E-state index in [1.54, 1.807) is 0 Å². The van der Waals surface area contributed by atoms with Crippen molar-refractivity contribution in [3.8, 4) is 23.0 Å². The summed E-state index contributed by atoms with van der Waals surface area (Å²) in [5, 5.41) is 10.7. The van der Waals surface area contributed by atoms with Gasteiger partial charge in [-0.2, -0.15) is 0 Å². The predicted molar refractivity (Wildman–Crippen MR) is 110 cm³/mol. The van der Waals surface area contributed by atoms with Gasteiger partial charge in [-0.15, -0.1) is 0 Å². The second-order valence-corrected chi connectivity index (χ2v) is 6.67. The largest absolute Gasteiger partial charge is 0.504 e. The normalized spacial score (nSPS) is 10.6. The van der Waals surface area contributed by atoms with Crippen molar-refractivity contribution in [1.82, 2.24) is 0 Å². The number of rotatable bonds is 15. The molecule has 0 saturated heterocycles. The molecule has 160 valence electrons. The Morgan fingerprint density at radius 2 is 1.32 bits per heavy atom. The van der Waals surface area contributed by atoms with Gasteiger partial charge in [-0.1, -0.05) is 47.0 Å². The maximum atomic E-state index is 12.4. The van der Waals surface area contributed by atoms with Crippen LogP contribution in [-0.2, 0) is 4.74 Å². The van der Waals surface area contributed by atoms with Crippen molar-refractivity contribution in [2.75, 3.05) is 26.4 Å². The molecule has 0 heterocycles. The van der Waals surface area contributed by atoms with Gasteiger partial charge in [0.15, 0.2) is 11.5 Å². The van der Waals surface area contributed by atoms with Crippen molar-refractivity contribution in [1.29, 1.82) is 0 Å². The zero-order valence-electron chi connectivity index (χ0n) is 17.8. The van der Waals surface area contributed by atoms with E-state index in [1.807, 2.05) is 6.92 Å². The van der Waals surface area contributed by atoms with Crippen LogP contribution in [0.5, 0.6) is 23.0 Å². The monoisotopic (exact) mass is 396 g/mol. The van der Waals surface area contributed by atoms with Gasteiger partial charge in [0.1, 0.15) is 5.56 Å². The molecule has 1 N–H and O–H groups in total. The van der Waals surface area contributed by atoms with Gasteiger partial charge in [-0.05, 0) is 25.7 Å². The Morgan fingerprint density at radius 3 is 1.86 bits per heavy atom. The van der Waals surface area contributed by atoms with E-state index >= 15 is 0 Å². The number of hydrogen-bond donors (Lipinski definition) is 1. The number of unbranched alkanes of at least 4 members (excludes halogenated alkanes) is 3. The minimum atomic E-state index is -0.597. The van der Waals surface area contributed by atoms with Crippen LogP contribution in [0.25, 0.3) is 0 Å². The first-order chi connectivity index (χ1) is 13.6. The lowest BCUT2D eigenvalue weighted by Crippen LogP contribution is -2.11. The third-order valence-corrected chi connectivity index (χ3v) is 4.08. The van der Waals surface area contributed by atoms with E-state index in [2.05, 4.69) is 20.8 Å². The molecule has 0 radical (unpaired) electrons. The lowest BCUT2D eigenvalue weighted by atomic mass is 10.1. The zero-order chi connectivity index (χ0) is 20.8. The Morgan fingerprint density at radius 1 is 0.786 bits per heavy atom. The van der Waals surface area contributed by atoms with Crippen LogP contribution in [0.4, 0.5) is 0 Å². The van der Waals surface area contributed by atoms with Gasteiger partial charge < -0.3 is 24.1 Å². The molecule has 1 aromatic carbocycles. The fourth-order valence-corrected chi connectivity index (χ4v) is 2.38. The van der Waals surface area contributed by atoms with Gasteiger partial charge in [-0.25, -0.2) is 4.79 Å². The van der Waals surface area contributed by atoms with Crippen LogP contribution in [0.1, 0.15) is 83.0 Å². The number of benzene rings is 1. The highest BCUT2D eigenvalue weighted by molar-refractivity contribution is 5.95. The molecular weight excluding hydrogens is 360 g/mol. The first-order valence-electron chi connectivity index (χ1n) is 10.6. The molecular formula is C22H36O6. The third-order valence-electron chi connectivity index (χ3n) is 4.08. The van der Waals surface area contributed by atoms with Gasteiger partial charge in [0.25, 0.3) is 0 Å². The Balaban J connectivity index is 3.30. The Hall–Kier alpha value is -2.11. The van der Waals surface area contributed by atoms with E-state index in [4.69, 9.17) is 18.9 Å². The fourth-order valence-electron chi connectivity index (χ4n) is 2.38. The fraction of sp³-hybridized carbons (Fsp3) is 0.682. The summed E-state index contributed by atoms with van der Waals surface area (Å²) in [6, 6.07) is 1.50. The standard InChI is InChI=1S/C22H36O6/c1-5-9-13-25-18-16-17(22(24)28-12-8-4)19(23)21(27-15-11-7-3)20(18)26-14-10-6-2/h16,23H,5-15H2,1-4H3. The van der Waals surface area contributed by atoms with Crippen LogP contribution < -0.4 is 14.2 Å². The summed E-state index contributed by atoms with van der Waals surface area (Å²) in [7, 11) is 0. The zero-order valence-corrected chi connectivity index (χ0v) is 17.8. The number of carbonyl (C=O) groups excluding carboxylic acids is 1. The highest BCUT2D eigenvalue weighted by Gasteiger charge is 2.26. The van der Waals surface area contributed by atoms with Crippen molar-refractivity contribution in [3.05, 3.63) is 11.6 Å². The minimum absolute atomic E-state index is 0.0364. The second kappa shape index (κ2) is 14.0. The SMILES string of the molecule is CCCCOc1cc(C(=O)OCCC)c(O)c(OCCCC)c1OCCCC. The molecule has 0 fully saturated rings. The Kier molecular flexibility index (Phi) is 11.9. The molecule has 0 aliphatic carbocycles. The topological polar surface area (TPSA) is 74.2 Å². The van der Waals surface area contributed by atoms with E-state index < -0.39 is 5.97 Å². The number of carbonyl (C=O) groups is 1. The lowest BCUT2D eigenvalue weighted by Gasteiger charge is -2.20. The summed E-state index contributed by atoms with van der Waals surface area (Å²) in [6.45, 7) is 9.78. The average Bonchev–Trinajstić information content (AvgIpc) is 2.69. The molecule has 0 atom stereocenters. The van der Waals surface area contributed by atoms with Crippen LogP contribution in [0.15, 0.2) is 6.07 Å². The molecule has 0 aliphatic heterocycles. The first kappa shape index (κ1) is 23.9. The van der Waals surface area contributed by atoms with Crippen LogP contribution in [0.3, 0.4) is 0 Å². The molecule has 6 nitrogen and oxygen atoms in total. The number of phenolic OH excluding ortho intramolecular Hbond substituents is 1. The molecule has 0 bridgehead atoms. The molecule has 1 aromatic rings. The van der Waals surface area contributed by atoms with Gasteiger partial charge in [0, 0.05) is 6.07 Å². The number of hydrogen-bond acceptors (Lipinski definition) is 6. The van der Waals surface area contributed by atoms with Gasteiger partial charge in [0.05, 0.1) is 26.4 Å². The predicted octanol–water partition coefficient (Wildman–Crippen LogP) is 5.50. The van der Waals surface area contributed by atoms with Crippen LogP contribution in [0, 0.1) is 0 Å².